The molecule has 23 heavy (non-hydrogen) atoms. The second-order valence-corrected chi connectivity index (χ2v) is 5.70. The molecule has 0 unspecified atom stereocenters. The van der Waals surface area contributed by atoms with Gasteiger partial charge in [-0.1, -0.05) is 36.4 Å². The van der Waals surface area contributed by atoms with Crippen molar-refractivity contribution in [2.24, 2.45) is 0 Å². The van der Waals surface area contributed by atoms with Gasteiger partial charge in [-0.05, 0) is 24.3 Å². The minimum absolute atomic E-state index is 0.239. The van der Waals surface area contributed by atoms with E-state index >= 15 is 0 Å². The van der Waals surface area contributed by atoms with Gasteiger partial charge >= 0.3 is 0 Å². The van der Waals surface area contributed by atoms with Crippen molar-refractivity contribution in [1.29, 1.82) is 0 Å². The third kappa shape index (κ3) is 4.11. The third-order valence-corrected chi connectivity index (χ3v) is 4.15. The maximum atomic E-state index is 12.4. The summed E-state index contributed by atoms with van der Waals surface area (Å²) < 4.78 is 0. The van der Waals surface area contributed by atoms with E-state index in [2.05, 4.69) is 34.5 Å². The highest BCUT2D eigenvalue weighted by atomic mass is 16.2. The molecule has 3 rings (SSSR count). The molecule has 1 aliphatic heterocycles. The summed E-state index contributed by atoms with van der Waals surface area (Å²) in [4.78, 5) is 16.6. The molecule has 2 aromatic carbocycles. The van der Waals surface area contributed by atoms with Gasteiger partial charge in [-0.2, -0.15) is 0 Å². The number of para-hydroxylation sites is 2. The summed E-state index contributed by atoms with van der Waals surface area (Å²) in [5.41, 5.74) is 2.23. The maximum Gasteiger partial charge on any atom is 0.224 e. The lowest BCUT2D eigenvalue weighted by molar-refractivity contribution is -0.131. The molecule has 0 bridgehead atoms. The highest BCUT2D eigenvalue weighted by molar-refractivity contribution is 5.77. The van der Waals surface area contributed by atoms with E-state index in [9.17, 15) is 4.79 Å². The summed E-state index contributed by atoms with van der Waals surface area (Å²) in [7, 11) is 0. The maximum absolute atomic E-state index is 12.4. The molecular weight excluding hydrogens is 286 g/mol. The fourth-order valence-corrected chi connectivity index (χ4v) is 2.90. The highest BCUT2D eigenvalue weighted by Crippen LogP contribution is 2.25. The lowest BCUT2D eigenvalue weighted by atomic mass is 10.2. The number of anilines is 2. The Morgan fingerprint density at radius 1 is 0.913 bits per heavy atom. The Bertz CT molecular complexity index is 570. The second-order valence-electron chi connectivity index (χ2n) is 5.70. The number of rotatable bonds is 5. The van der Waals surface area contributed by atoms with Crippen molar-refractivity contribution >= 4 is 17.3 Å². The monoisotopic (exact) mass is 309 g/mol. The average molecular weight is 309 g/mol. The topological polar surface area (TPSA) is 35.6 Å². The van der Waals surface area contributed by atoms with Crippen molar-refractivity contribution in [1.82, 2.24) is 10.2 Å². The van der Waals surface area contributed by atoms with Gasteiger partial charge in [0, 0.05) is 50.5 Å². The number of carbonyl (C=O) groups is 1. The SMILES string of the molecule is O=C(CCN(c1ccccc1)c1ccccc1)N1CCNCC1. The van der Waals surface area contributed by atoms with Crippen molar-refractivity contribution in [2.75, 3.05) is 37.6 Å². The Morgan fingerprint density at radius 2 is 1.43 bits per heavy atom. The first-order chi connectivity index (χ1) is 11.3. The Morgan fingerprint density at radius 3 is 1.96 bits per heavy atom. The predicted molar refractivity (Wildman–Crippen MR) is 94.0 cm³/mol. The first-order valence-corrected chi connectivity index (χ1v) is 8.21. The zero-order chi connectivity index (χ0) is 15.9. The van der Waals surface area contributed by atoms with Crippen LogP contribution in [-0.4, -0.2) is 43.5 Å². The first kappa shape index (κ1) is 15.6. The number of benzene rings is 2. The molecule has 4 nitrogen and oxygen atoms in total. The van der Waals surface area contributed by atoms with Gasteiger partial charge in [0.1, 0.15) is 0 Å². The summed E-state index contributed by atoms with van der Waals surface area (Å²) >= 11 is 0. The van der Waals surface area contributed by atoms with Gasteiger partial charge < -0.3 is 15.1 Å². The minimum atomic E-state index is 0.239. The number of hydrogen-bond donors (Lipinski definition) is 1. The van der Waals surface area contributed by atoms with Gasteiger partial charge in [0.15, 0.2) is 0 Å². The van der Waals surface area contributed by atoms with Crippen molar-refractivity contribution in [3.8, 4) is 0 Å². The molecule has 2 aromatic rings. The lowest BCUT2D eigenvalue weighted by Crippen LogP contribution is -2.47. The molecule has 0 spiro atoms. The van der Waals surface area contributed by atoms with Crippen molar-refractivity contribution in [2.45, 2.75) is 6.42 Å². The Kier molecular flexibility index (Phi) is 5.27. The van der Waals surface area contributed by atoms with E-state index in [4.69, 9.17) is 0 Å². The van der Waals surface area contributed by atoms with E-state index in [0.29, 0.717) is 13.0 Å². The molecule has 1 fully saturated rings. The second kappa shape index (κ2) is 7.79. The fourth-order valence-electron chi connectivity index (χ4n) is 2.90. The van der Waals surface area contributed by atoms with Crippen LogP contribution in [0, 0.1) is 0 Å². The van der Waals surface area contributed by atoms with Crippen molar-refractivity contribution < 1.29 is 4.79 Å². The van der Waals surface area contributed by atoms with E-state index in [1.165, 1.54) is 0 Å². The number of carbonyl (C=O) groups excluding carboxylic acids is 1. The number of nitrogens with one attached hydrogen (secondary N) is 1. The van der Waals surface area contributed by atoms with Crippen LogP contribution in [0.3, 0.4) is 0 Å². The number of hydrogen-bond acceptors (Lipinski definition) is 3. The summed E-state index contributed by atoms with van der Waals surface area (Å²) in [5, 5.41) is 3.28. The Labute approximate surface area is 137 Å². The molecule has 1 amide bonds. The molecule has 0 atom stereocenters. The van der Waals surface area contributed by atoms with Crippen molar-refractivity contribution in [3.63, 3.8) is 0 Å². The van der Waals surface area contributed by atoms with Crippen LogP contribution in [0.4, 0.5) is 11.4 Å². The molecular formula is C19H23N3O. The molecule has 1 N–H and O–H groups in total. The normalized spacial score (nSPS) is 14.5. The van der Waals surface area contributed by atoms with Gasteiger partial charge in [-0.3, -0.25) is 4.79 Å². The molecule has 4 heteroatoms. The quantitative estimate of drug-likeness (QED) is 0.922. The van der Waals surface area contributed by atoms with Gasteiger partial charge in [0.05, 0.1) is 0 Å². The molecule has 1 saturated heterocycles. The summed E-state index contributed by atoms with van der Waals surface area (Å²) in [5.74, 6) is 0.239. The van der Waals surface area contributed by atoms with Crippen LogP contribution >= 0.6 is 0 Å². The molecule has 0 aliphatic carbocycles. The Balaban J connectivity index is 1.70. The minimum Gasteiger partial charge on any atom is -0.341 e. The molecule has 0 saturated carbocycles. The van der Waals surface area contributed by atoms with E-state index in [1.807, 2.05) is 41.3 Å². The summed E-state index contributed by atoms with van der Waals surface area (Å²) in [6, 6.07) is 20.5. The molecule has 120 valence electrons. The zero-order valence-corrected chi connectivity index (χ0v) is 13.3. The largest absolute Gasteiger partial charge is 0.341 e. The highest BCUT2D eigenvalue weighted by Gasteiger charge is 2.18. The van der Waals surface area contributed by atoms with Crippen LogP contribution in [0.25, 0.3) is 0 Å². The van der Waals surface area contributed by atoms with Gasteiger partial charge in [-0.25, -0.2) is 0 Å². The Hall–Kier alpha value is -2.33. The fraction of sp³-hybridized carbons (Fsp3) is 0.316. The van der Waals surface area contributed by atoms with E-state index in [-0.39, 0.29) is 5.91 Å². The van der Waals surface area contributed by atoms with Gasteiger partial charge in [-0.15, -0.1) is 0 Å². The lowest BCUT2D eigenvalue weighted by Gasteiger charge is -2.29. The first-order valence-electron chi connectivity index (χ1n) is 8.21. The number of amides is 1. The molecule has 0 aromatic heterocycles. The van der Waals surface area contributed by atoms with E-state index in [0.717, 1.165) is 37.6 Å². The molecule has 0 radical (unpaired) electrons. The van der Waals surface area contributed by atoms with Gasteiger partial charge in [0.25, 0.3) is 0 Å². The predicted octanol–water partition coefficient (Wildman–Crippen LogP) is 2.65. The summed E-state index contributed by atoms with van der Waals surface area (Å²) in [6.45, 7) is 4.11. The zero-order valence-electron chi connectivity index (χ0n) is 13.3. The van der Waals surface area contributed by atoms with E-state index in [1.54, 1.807) is 0 Å². The van der Waals surface area contributed by atoms with Crippen LogP contribution in [0.15, 0.2) is 60.7 Å². The number of nitrogens with zero attached hydrogens (tertiary/aromatic N) is 2. The van der Waals surface area contributed by atoms with Gasteiger partial charge in [0.2, 0.25) is 5.91 Å². The summed E-state index contributed by atoms with van der Waals surface area (Å²) in [6.07, 6.45) is 0.532. The van der Waals surface area contributed by atoms with Crippen molar-refractivity contribution in [3.05, 3.63) is 60.7 Å². The number of piperazine rings is 1. The molecule has 1 heterocycles. The van der Waals surface area contributed by atoms with E-state index < -0.39 is 0 Å². The van der Waals surface area contributed by atoms with Crippen LogP contribution in [0.1, 0.15) is 6.42 Å². The molecule has 1 aliphatic rings. The average Bonchev–Trinajstić information content (AvgIpc) is 2.64. The van der Waals surface area contributed by atoms with Crippen LogP contribution in [-0.2, 0) is 4.79 Å². The smallest absolute Gasteiger partial charge is 0.224 e. The van der Waals surface area contributed by atoms with Crippen LogP contribution in [0.2, 0.25) is 0 Å². The van der Waals surface area contributed by atoms with Crippen LogP contribution in [0.5, 0.6) is 0 Å². The van der Waals surface area contributed by atoms with Crippen LogP contribution < -0.4 is 10.2 Å². The third-order valence-electron chi connectivity index (χ3n) is 4.15. The standard InChI is InChI=1S/C19H23N3O/c23-19(21-15-12-20-13-16-21)11-14-22(17-7-3-1-4-8-17)18-9-5-2-6-10-18/h1-10,20H,11-16H2.